The molecule has 0 amide bonds. The van der Waals surface area contributed by atoms with Crippen LogP contribution in [0.2, 0.25) is 0 Å². The predicted molar refractivity (Wildman–Crippen MR) is 102 cm³/mol. The van der Waals surface area contributed by atoms with Crippen molar-refractivity contribution < 1.29 is 19.7 Å². The third-order valence-electron chi connectivity index (χ3n) is 5.05. The first-order valence-electron chi connectivity index (χ1n) is 8.89. The molecule has 3 atom stereocenters. The van der Waals surface area contributed by atoms with Crippen molar-refractivity contribution in [3.8, 4) is 22.6 Å². The van der Waals surface area contributed by atoms with E-state index in [-0.39, 0.29) is 35.5 Å². The molecule has 0 spiro atoms. The zero-order valence-electron chi connectivity index (χ0n) is 15.5. The van der Waals surface area contributed by atoms with E-state index in [4.69, 9.17) is 4.74 Å². The number of aromatic amines is 1. The van der Waals surface area contributed by atoms with Gasteiger partial charge in [-0.15, -0.1) is 0 Å². The van der Waals surface area contributed by atoms with Crippen LogP contribution in [0.3, 0.4) is 0 Å². The molecule has 1 aromatic carbocycles. The lowest BCUT2D eigenvalue weighted by atomic mass is 9.92. The van der Waals surface area contributed by atoms with E-state index in [0.717, 1.165) is 5.57 Å². The monoisotopic (exact) mass is 369 g/mol. The van der Waals surface area contributed by atoms with E-state index in [0.29, 0.717) is 11.1 Å². The van der Waals surface area contributed by atoms with Crippen LogP contribution in [0, 0.1) is 5.92 Å². The van der Waals surface area contributed by atoms with E-state index < -0.39 is 17.4 Å². The van der Waals surface area contributed by atoms with Crippen molar-refractivity contribution in [2.75, 3.05) is 0 Å². The van der Waals surface area contributed by atoms with Crippen molar-refractivity contribution in [1.29, 1.82) is 0 Å². The van der Waals surface area contributed by atoms with Crippen molar-refractivity contribution in [3.63, 3.8) is 0 Å². The van der Waals surface area contributed by atoms with E-state index >= 15 is 0 Å². The first kappa shape index (κ1) is 18.9. The fraction of sp³-hybridized carbons (Fsp3) is 0.333. The van der Waals surface area contributed by atoms with E-state index in [9.17, 15) is 19.8 Å². The summed E-state index contributed by atoms with van der Waals surface area (Å²) >= 11 is 0. The summed E-state index contributed by atoms with van der Waals surface area (Å²) in [6.07, 6.45) is 2.96. The number of aromatic hydroxyl groups is 2. The maximum atomic E-state index is 12.8. The highest BCUT2D eigenvalue weighted by Gasteiger charge is 2.29. The number of H-pyrrole nitrogens is 1. The topological polar surface area (TPSA) is 99.6 Å². The lowest BCUT2D eigenvalue weighted by molar-refractivity contribution is -0.0141. The van der Waals surface area contributed by atoms with Gasteiger partial charge in [-0.25, -0.2) is 0 Å². The van der Waals surface area contributed by atoms with Crippen molar-refractivity contribution in [3.05, 3.63) is 58.0 Å². The third kappa shape index (κ3) is 3.80. The molecule has 0 bridgehead atoms. The number of hydrogen-bond donors (Lipinski definition) is 3. The van der Waals surface area contributed by atoms with Gasteiger partial charge < -0.3 is 19.9 Å². The SMILES string of the molecule is CC1=CC(C)C(C)OC1CC(=O)c1c(O)c(-c2ccc(O)cc2)c[nH]c1=O. The number of pyridine rings is 1. The van der Waals surface area contributed by atoms with Crippen LogP contribution in [-0.2, 0) is 4.74 Å². The molecule has 2 aromatic rings. The van der Waals surface area contributed by atoms with Gasteiger partial charge in [0.1, 0.15) is 17.1 Å². The van der Waals surface area contributed by atoms with Crippen molar-refractivity contribution in [2.24, 2.45) is 5.92 Å². The number of phenolic OH excluding ortho intramolecular Hbond substituents is 1. The molecule has 3 unspecified atom stereocenters. The van der Waals surface area contributed by atoms with E-state index in [1.165, 1.54) is 18.3 Å². The highest BCUT2D eigenvalue weighted by molar-refractivity contribution is 6.00. The fourth-order valence-electron chi connectivity index (χ4n) is 3.27. The van der Waals surface area contributed by atoms with Crippen LogP contribution in [0.1, 0.15) is 37.6 Å². The molecule has 2 heterocycles. The number of ketones is 1. The first-order valence-corrected chi connectivity index (χ1v) is 8.89. The predicted octanol–water partition coefficient (Wildman–Crippen LogP) is 3.40. The van der Waals surface area contributed by atoms with Crippen LogP contribution < -0.4 is 5.56 Å². The number of rotatable bonds is 4. The maximum absolute atomic E-state index is 12.8. The Morgan fingerprint density at radius 2 is 1.85 bits per heavy atom. The summed E-state index contributed by atoms with van der Waals surface area (Å²) in [5, 5.41) is 20.0. The van der Waals surface area contributed by atoms with Gasteiger partial charge in [0.05, 0.1) is 12.2 Å². The zero-order chi connectivity index (χ0) is 19.7. The average molecular weight is 369 g/mol. The Labute approximate surface area is 157 Å². The molecule has 1 aromatic heterocycles. The molecule has 0 saturated heterocycles. The number of carbonyl (C=O) groups excluding carboxylic acids is 1. The lowest BCUT2D eigenvalue weighted by Crippen LogP contribution is -2.33. The van der Waals surface area contributed by atoms with Gasteiger partial charge in [0.2, 0.25) is 0 Å². The highest BCUT2D eigenvalue weighted by atomic mass is 16.5. The summed E-state index contributed by atoms with van der Waals surface area (Å²) in [4.78, 5) is 27.5. The largest absolute Gasteiger partial charge is 0.508 e. The maximum Gasteiger partial charge on any atom is 0.262 e. The van der Waals surface area contributed by atoms with Gasteiger partial charge in [-0.3, -0.25) is 9.59 Å². The standard InChI is InChI=1S/C21H23NO5/c1-11-8-12(2)18(27-13(11)3)9-17(24)19-20(25)16(10-22-21(19)26)14-4-6-15(23)7-5-14/h4-8,10-11,13,18,23H,9H2,1-3H3,(H2,22,25,26). The van der Waals surface area contributed by atoms with Crippen LogP contribution in [0.25, 0.3) is 11.1 Å². The Hall–Kier alpha value is -2.86. The van der Waals surface area contributed by atoms with Crippen molar-refractivity contribution in [1.82, 2.24) is 4.98 Å². The number of benzene rings is 1. The highest BCUT2D eigenvalue weighted by Crippen LogP contribution is 2.32. The molecule has 0 fully saturated rings. The van der Waals surface area contributed by atoms with Gasteiger partial charge in [0, 0.05) is 24.1 Å². The summed E-state index contributed by atoms with van der Waals surface area (Å²) in [5.74, 6) is -0.507. The number of aromatic nitrogens is 1. The molecule has 0 saturated carbocycles. The number of hydrogen-bond acceptors (Lipinski definition) is 5. The summed E-state index contributed by atoms with van der Waals surface area (Å²) < 4.78 is 5.90. The Bertz CT molecular complexity index is 942. The van der Waals surface area contributed by atoms with Gasteiger partial charge in [-0.05, 0) is 37.1 Å². The third-order valence-corrected chi connectivity index (χ3v) is 5.05. The number of carbonyl (C=O) groups is 1. The smallest absolute Gasteiger partial charge is 0.262 e. The summed E-state index contributed by atoms with van der Waals surface area (Å²) in [7, 11) is 0. The molecule has 142 valence electrons. The molecule has 27 heavy (non-hydrogen) atoms. The molecular formula is C21H23NO5. The molecule has 1 aliphatic rings. The minimum Gasteiger partial charge on any atom is -0.508 e. The number of ether oxygens (including phenoxy) is 1. The Balaban J connectivity index is 1.93. The molecule has 0 aliphatic carbocycles. The molecular weight excluding hydrogens is 346 g/mol. The van der Waals surface area contributed by atoms with Crippen LogP contribution in [0.15, 0.2) is 46.9 Å². The van der Waals surface area contributed by atoms with Crippen LogP contribution in [0.5, 0.6) is 11.5 Å². The van der Waals surface area contributed by atoms with Gasteiger partial charge >= 0.3 is 0 Å². The number of Topliss-reactive ketones (excluding diaryl/α,β-unsaturated/α-hetero) is 1. The zero-order valence-corrected chi connectivity index (χ0v) is 15.5. The van der Waals surface area contributed by atoms with Crippen molar-refractivity contribution >= 4 is 5.78 Å². The molecule has 3 N–H and O–H groups in total. The second-order valence-electron chi connectivity index (χ2n) is 7.03. The molecule has 6 heteroatoms. The number of phenols is 1. The molecule has 6 nitrogen and oxygen atoms in total. The summed E-state index contributed by atoms with van der Waals surface area (Å²) in [6.45, 7) is 5.89. The fourth-order valence-corrected chi connectivity index (χ4v) is 3.27. The summed E-state index contributed by atoms with van der Waals surface area (Å²) in [6, 6.07) is 6.12. The minimum absolute atomic E-state index is 0.0188. The quantitative estimate of drug-likeness (QED) is 0.567. The Morgan fingerprint density at radius 1 is 1.19 bits per heavy atom. The van der Waals surface area contributed by atoms with Gasteiger partial charge in [-0.1, -0.05) is 25.1 Å². The first-order chi connectivity index (χ1) is 12.8. The lowest BCUT2D eigenvalue weighted by Gasteiger charge is -2.31. The molecule has 3 rings (SSSR count). The normalized spacial score (nSPS) is 22.3. The molecule has 0 radical (unpaired) electrons. The second kappa shape index (κ2) is 7.40. The Morgan fingerprint density at radius 3 is 2.52 bits per heavy atom. The van der Waals surface area contributed by atoms with Crippen LogP contribution in [-0.4, -0.2) is 33.2 Å². The van der Waals surface area contributed by atoms with Crippen LogP contribution in [0.4, 0.5) is 0 Å². The minimum atomic E-state index is -0.640. The Kier molecular flexibility index (Phi) is 5.19. The van der Waals surface area contributed by atoms with E-state index in [1.54, 1.807) is 12.1 Å². The van der Waals surface area contributed by atoms with E-state index in [1.807, 2.05) is 20.8 Å². The van der Waals surface area contributed by atoms with Crippen LogP contribution >= 0.6 is 0 Å². The average Bonchev–Trinajstić information content (AvgIpc) is 2.61. The van der Waals surface area contributed by atoms with Gasteiger partial charge in [0.15, 0.2) is 5.78 Å². The number of nitrogens with one attached hydrogen (secondary N) is 1. The van der Waals surface area contributed by atoms with Crippen molar-refractivity contribution in [2.45, 2.75) is 39.4 Å². The van der Waals surface area contributed by atoms with E-state index in [2.05, 4.69) is 11.1 Å². The van der Waals surface area contributed by atoms with Gasteiger partial charge in [-0.2, -0.15) is 0 Å². The van der Waals surface area contributed by atoms with Gasteiger partial charge in [0.25, 0.3) is 5.56 Å². The molecule has 1 aliphatic heterocycles. The summed E-state index contributed by atoms with van der Waals surface area (Å²) in [5.41, 5.74) is 0.918. The second-order valence-corrected chi connectivity index (χ2v) is 7.03.